The number of hydrogen-bond donors (Lipinski definition) is 0. The summed E-state index contributed by atoms with van der Waals surface area (Å²) in [5, 5.41) is 0.839. The third kappa shape index (κ3) is 5.17. The standard InChI is InChI=1S/C16H21Cl2NO2/c1-12-3-2-7-19(8-6-12)9-10-21-16(20)14-5-4-13(17)11-15(14)18/h4-5,11-12H,2-3,6-10H2,1H3/t12-/m0/s1. The molecule has 0 amide bonds. The van der Waals surface area contributed by atoms with Crippen LogP contribution in [0.25, 0.3) is 0 Å². The normalized spacial score (nSPS) is 20.0. The molecule has 1 aliphatic heterocycles. The van der Waals surface area contributed by atoms with Crippen LogP contribution in [0.2, 0.25) is 10.0 Å². The maximum Gasteiger partial charge on any atom is 0.339 e. The lowest BCUT2D eigenvalue weighted by molar-refractivity contribution is 0.0463. The minimum absolute atomic E-state index is 0.330. The lowest BCUT2D eigenvalue weighted by Crippen LogP contribution is -2.29. The van der Waals surface area contributed by atoms with Crippen molar-refractivity contribution in [2.45, 2.75) is 26.2 Å². The lowest BCUT2D eigenvalue weighted by atomic mass is 10.0. The Morgan fingerprint density at radius 2 is 2.14 bits per heavy atom. The maximum atomic E-state index is 12.0. The molecule has 0 spiro atoms. The molecular weight excluding hydrogens is 309 g/mol. The Balaban J connectivity index is 1.78. The van der Waals surface area contributed by atoms with Gasteiger partial charge in [-0.15, -0.1) is 0 Å². The summed E-state index contributed by atoms with van der Waals surface area (Å²) < 4.78 is 5.31. The molecule has 1 saturated heterocycles. The molecule has 116 valence electrons. The van der Waals surface area contributed by atoms with Crippen molar-refractivity contribution in [3.05, 3.63) is 33.8 Å². The number of likely N-dealkylation sites (tertiary alicyclic amines) is 1. The molecule has 1 aromatic rings. The smallest absolute Gasteiger partial charge is 0.339 e. The van der Waals surface area contributed by atoms with Crippen LogP contribution in [-0.2, 0) is 4.74 Å². The van der Waals surface area contributed by atoms with Crippen molar-refractivity contribution in [3.8, 4) is 0 Å². The third-order valence-corrected chi connectivity index (χ3v) is 4.45. The molecule has 1 heterocycles. The second-order valence-electron chi connectivity index (χ2n) is 5.64. The minimum atomic E-state index is -0.389. The van der Waals surface area contributed by atoms with Gasteiger partial charge < -0.3 is 4.74 Å². The Morgan fingerprint density at radius 3 is 2.90 bits per heavy atom. The molecule has 0 aliphatic carbocycles. The summed E-state index contributed by atoms with van der Waals surface area (Å²) >= 11 is 11.8. The van der Waals surface area contributed by atoms with Crippen LogP contribution in [0.4, 0.5) is 0 Å². The zero-order valence-electron chi connectivity index (χ0n) is 12.3. The molecule has 1 atom stereocenters. The highest BCUT2D eigenvalue weighted by Crippen LogP contribution is 2.21. The SMILES string of the molecule is C[C@H]1CCCN(CCOC(=O)c2ccc(Cl)cc2Cl)CC1. The summed E-state index contributed by atoms with van der Waals surface area (Å²) in [4.78, 5) is 14.3. The number of ether oxygens (including phenoxy) is 1. The number of esters is 1. The predicted molar refractivity (Wildman–Crippen MR) is 86.2 cm³/mol. The molecule has 0 saturated carbocycles. The number of carbonyl (C=O) groups excluding carboxylic acids is 1. The van der Waals surface area contributed by atoms with Crippen LogP contribution in [0.3, 0.4) is 0 Å². The molecule has 3 nitrogen and oxygen atoms in total. The second kappa shape index (κ2) is 8.02. The van der Waals surface area contributed by atoms with Gasteiger partial charge in [0.05, 0.1) is 10.6 Å². The molecule has 1 aliphatic rings. The van der Waals surface area contributed by atoms with Gasteiger partial charge in [-0.05, 0) is 56.5 Å². The van der Waals surface area contributed by atoms with Crippen LogP contribution in [0, 0.1) is 5.92 Å². The first-order valence-electron chi connectivity index (χ1n) is 7.41. The fourth-order valence-corrected chi connectivity index (χ4v) is 3.03. The number of carbonyl (C=O) groups is 1. The van der Waals surface area contributed by atoms with Gasteiger partial charge in [-0.1, -0.05) is 30.1 Å². The van der Waals surface area contributed by atoms with Gasteiger partial charge in [0.2, 0.25) is 0 Å². The summed E-state index contributed by atoms with van der Waals surface area (Å²) in [6.45, 7) is 5.64. The highest BCUT2D eigenvalue weighted by molar-refractivity contribution is 6.36. The molecule has 0 unspecified atom stereocenters. The van der Waals surface area contributed by atoms with Crippen molar-refractivity contribution in [2.75, 3.05) is 26.2 Å². The Morgan fingerprint density at radius 1 is 1.33 bits per heavy atom. The molecule has 2 rings (SSSR count). The Bertz CT molecular complexity index is 493. The van der Waals surface area contributed by atoms with E-state index in [4.69, 9.17) is 27.9 Å². The van der Waals surface area contributed by atoms with Gasteiger partial charge >= 0.3 is 5.97 Å². The number of halogens is 2. The van der Waals surface area contributed by atoms with Gasteiger partial charge in [-0.3, -0.25) is 4.90 Å². The van der Waals surface area contributed by atoms with E-state index in [1.807, 2.05) is 0 Å². The first-order chi connectivity index (χ1) is 10.1. The van der Waals surface area contributed by atoms with E-state index in [0.717, 1.165) is 25.6 Å². The van der Waals surface area contributed by atoms with Crippen molar-refractivity contribution in [3.63, 3.8) is 0 Å². The topological polar surface area (TPSA) is 29.5 Å². The average molecular weight is 330 g/mol. The average Bonchev–Trinajstić information content (AvgIpc) is 2.63. The van der Waals surface area contributed by atoms with Crippen LogP contribution in [0.1, 0.15) is 36.5 Å². The molecule has 1 fully saturated rings. The van der Waals surface area contributed by atoms with Gasteiger partial charge in [-0.2, -0.15) is 0 Å². The highest BCUT2D eigenvalue weighted by Gasteiger charge is 2.15. The zero-order valence-corrected chi connectivity index (χ0v) is 13.8. The molecule has 1 aromatic carbocycles. The highest BCUT2D eigenvalue weighted by atomic mass is 35.5. The fourth-order valence-electron chi connectivity index (χ4n) is 2.55. The summed E-state index contributed by atoms with van der Waals surface area (Å²) in [6, 6.07) is 4.79. The first kappa shape index (κ1) is 16.6. The van der Waals surface area contributed by atoms with E-state index in [0.29, 0.717) is 22.2 Å². The van der Waals surface area contributed by atoms with E-state index < -0.39 is 0 Å². The predicted octanol–water partition coefficient (Wildman–Crippen LogP) is 4.27. The molecule has 0 radical (unpaired) electrons. The van der Waals surface area contributed by atoms with Gasteiger partial charge in [0, 0.05) is 11.6 Å². The Labute approximate surface area is 136 Å². The van der Waals surface area contributed by atoms with Gasteiger partial charge in [-0.25, -0.2) is 4.79 Å². The summed E-state index contributed by atoms with van der Waals surface area (Å²) in [7, 11) is 0. The quantitative estimate of drug-likeness (QED) is 0.772. The number of hydrogen-bond acceptors (Lipinski definition) is 3. The number of rotatable bonds is 4. The van der Waals surface area contributed by atoms with Crippen LogP contribution in [0.5, 0.6) is 0 Å². The van der Waals surface area contributed by atoms with E-state index >= 15 is 0 Å². The Kier molecular flexibility index (Phi) is 6.34. The van der Waals surface area contributed by atoms with E-state index in [1.165, 1.54) is 19.3 Å². The number of nitrogens with zero attached hydrogens (tertiary/aromatic N) is 1. The molecular formula is C16H21Cl2NO2. The minimum Gasteiger partial charge on any atom is -0.461 e. The largest absolute Gasteiger partial charge is 0.461 e. The van der Waals surface area contributed by atoms with Gasteiger partial charge in [0.1, 0.15) is 6.61 Å². The van der Waals surface area contributed by atoms with Crippen molar-refractivity contribution in [1.82, 2.24) is 4.90 Å². The monoisotopic (exact) mass is 329 g/mol. The second-order valence-corrected chi connectivity index (χ2v) is 6.48. The fraction of sp³-hybridized carbons (Fsp3) is 0.562. The first-order valence-corrected chi connectivity index (χ1v) is 8.16. The van der Waals surface area contributed by atoms with E-state index in [1.54, 1.807) is 18.2 Å². The van der Waals surface area contributed by atoms with Crippen molar-refractivity contribution < 1.29 is 9.53 Å². The lowest BCUT2D eigenvalue weighted by Gasteiger charge is -2.19. The summed E-state index contributed by atoms with van der Waals surface area (Å²) in [6.07, 6.45) is 3.73. The van der Waals surface area contributed by atoms with Crippen LogP contribution >= 0.6 is 23.2 Å². The molecule has 0 N–H and O–H groups in total. The van der Waals surface area contributed by atoms with E-state index in [2.05, 4.69) is 11.8 Å². The van der Waals surface area contributed by atoms with Crippen molar-refractivity contribution >= 4 is 29.2 Å². The molecule has 0 bridgehead atoms. The Hall–Kier alpha value is -0.770. The van der Waals surface area contributed by atoms with Crippen LogP contribution < -0.4 is 0 Å². The van der Waals surface area contributed by atoms with E-state index in [9.17, 15) is 4.79 Å². The number of benzene rings is 1. The summed E-state index contributed by atoms with van der Waals surface area (Å²) in [5.74, 6) is 0.408. The van der Waals surface area contributed by atoms with Crippen molar-refractivity contribution in [2.24, 2.45) is 5.92 Å². The third-order valence-electron chi connectivity index (χ3n) is 3.90. The molecule has 5 heteroatoms. The van der Waals surface area contributed by atoms with Crippen LogP contribution in [-0.4, -0.2) is 37.1 Å². The molecule has 21 heavy (non-hydrogen) atoms. The zero-order chi connectivity index (χ0) is 15.2. The van der Waals surface area contributed by atoms with Gasteiger partial charge in [0.15, 0.2) is 0 Å². The van der Waals surface area contributed by atoms with E-state index in [-0.39, 0.29) is 5.97 Å². The molecule has 0 aromatic heterocycles. The van der Waals surface area contributed by atoms with Crippen LogP contribution in [0.15, 0.2) is 18.2 Å². The summed E-state index contributed by atoms with van der Waals surface area (Å²) in [5.41, 5.74) is 0.366. The van der Waals surface area contributed by atoms with Crippen molar-refractivity contribution in [1.29, 1.82) is 0 Å². The maximum absolute atomic E-state index is 12.0. The van der Waals surface area contributed by atoms with Gasteiger partial charge in [0.25, 0.3) is 0 Å².